The Morgan fingerprint density at radius 3 is 2.30 bits per heavy atom. The Labute approximate surface area is 197 Å². The molecule has 0 radical (unpaired) electrons. The molecule has 0 spiro atoms. The standard InChI is InChI=1S/C30H34O3/c1-33-27-21-19-26(20-22-27)29(31)17-10-5-3-2-4-9-14-25-15-11-16-28(25)30(32)23-18-24-12-7-6-8-13-24/h6-8,11-13,15-16,18-23,25H,2-5,9-10,14,17H2,1H3. The molecule has 1 aliphatic rings. The van der Waals surface area contributed by atoms with E-state index in [1.54, 1.807) is 13.2 Å². The maximum Gasteiger partial charge on any atom is 0.182 e. The second-order valence-corrected chi connectivity index (χ2v) is 8.53. The van der Waals surface area contributed by atoms with Crippen LogP contribution < -0.4 is 4.74 Å². The van der Waals surface area contributed by atoms with E-state index in [4.69, 9.17) is 4.74 Å². The first kappa shape index (κ1) is 24.4. The van der Waals surface area contributed by atoms with E-state index in [0.29, 0.717) is 6.42 Å². The molecule has 0 saturated carbocycles. The first-order valence-electron chi connectivity index (χ1n) is 12.0. The van der Waals surface area contributed by atoms with Gasteiger partial charge in [0, 0.05) is 23.5 Å². The molecule has 0 aromatic heterocycles. The third-order valence-electron chi connectivity index (χ3n) is 6.11. The average molecular weight is 443 g/mol. The van der Waals surface area contributed by atoms with Gasteiger partial charge >= 0.3 is 0 Å². The molecule has 0 aliphatic heterocycles. The smallest absolute Gasteiger partial charge is 0.182 e. The third kappa shape index (κ3) is 8.02. The number of benzene rings is 2. The van der Waals surface area contributed by atoms with Gasteiger partial charge in [-0.1, -0.05) is 86.7 Å². The third-order valence-corrected chi connectivity index (χ3v) is 6.11. The van der Waals surface area contributed by atoms with Crippen LogP contribution in [0.1, 0.15) is 67.3 Å². The number of hydrogen-bond acceptors (Lipinski definition) is 3. The summed E-state index contributed by atoms with van der Waals surface area (Å²) in [5, 5.41) is 0. The monoisotopic (exact) mass is 442 g/mol. The van der Waals surface area contributed by atoms with E-state index in [0.717, 1.165) is 61.0 Å². The molecule has 172 valence electrons. The predicted octanol–water partition coefficient (Wildman–Crippen LogP) is 7.39. The molecule has 3 nitrogen and oxygen atoms in total. The van der Waals surface area contributed by atoms with Gasteiger partial charge in [0.15, 0.2) is 11.6 Å². The van der Waals surface area contributed by atoms with Crippen molar-refractivity contribution in [2.45, 2.75) is 51.4 Å². The summed E-state index contributed by atoms with van der Waals surface area (Å²) in [6.45, 7) is 0. The highest BCUT2D eigenvalue weighted by Gasteiger charge is 2.19. The topological polar surface area (TPSA) is 43.4 Å². The maximum absolute atomic E-state index is 12.6. The second kappa shape index (κ2) is 13.4. The van der Waals surface area contributed by atoms with Crippen molar-refractivity contribution in [1.29, 1.82) is 0 Å². The lowest BCUT2D eigenvalue weighted by atomic mass is 9.92. The minimum Gasteiger partial charge on any atom is -0.497 e. The Hall–Kier alpha value is -3.20. The summed E-state index contributed by atoms with van der Waals surface area (Å²) in [6.07, 6.45) is 17.9. The largest absolute Gasteiger partial charge is 0.497 e. The quantitative estimate of drug-likeness (QED) is 0.174. The molecule has 3 heteroatoms. The molecule has 33 heavy (non-hydrogen) atoms. The number of hydrogen-bond donors (Lipinski definition) is 0. The number of methoxy groups -OCH3 is 1. The molecule has 1 atom stereocenters. The summed E-state index contributed by atoms with van der Waals surface area (Å²) in [4.78, 5) is 24.9. The fourth-order valence-corrected chi connectivity index (χ4v) is 4.15. The van der Waals surface area contributed by atoms with Gasteiger partial charge in [0.1, 0.15) is 5.75 Å². The minimum atomic E-state index is 0.107. The Balaban J connectivity index is 1.27. The van der Waals surface area contributed by atoms with Crippen LogP contribution in [0, 0.1) is 5.92 Å². The van der Waals surface area contributed by atoms with Gasteiger partial charge < -0.3 is 4.74 Å². The molecular weight excluding hydrogens is 408 g/mol. The predicted molar refractivity (Wildman–Crippen MR) is 135 cm³/mol. The molecule has 0 bridgehead atoms. The van der Waals surface area contributed by atoms with E-state index >= 15 is 0 Å². The highest BCUT2D eigenvalue weighted by Crippen LogP contribution is 2.27. The average Bonchev–Trinajstić information content (AvgIpc) is 3.33. The molecule has 2 aromatic carbocycles. The van der Waals surface area contributed by atoms with Crippen molar-refractivity contribution in [2.75, 3.05) is 7.11 Å². The number of allylic oxidation sites excluding steroid dienone is 5. The van der Waals surface area contributed by atoms with Crippen LogP contribution in [0.15, 0.2) is 84.5 Å². The van der Waals surface area contributed by atoms with Gasteiger partial charge in [-0.25, -0.2) is 0 Å². The zero-order valence-corrected chi connectivity index (χ0v) is 19.5. The summed E-state index contributed by atoms with van der Waals surface area (Å²) in [6, 6.07) is 17.3. The highest BCUT2D eigenvalue weighted by atomic mass is 16.5. The lowest BCUT2D eigenvalue weighted by molar-refractivity contribution is -0.111. The van der Waals surface area contributed by atoms with Crippen molar-refractivity contribution in [3.8, 4) is 5.75 Å². The molecule has 1 unspecified atom stereocenters. The zero-order chi connectivity index (χ0) is 23.3. The van der Waals surface area contributed by atoms with Gasteiger partial charge in [-0.15, -0.1) is 0 Å². The normalized spacial score (nSPS) is 15.1. The van der Waals surface area contributed by atoms with Crippen LogP contribution in [0.25, 0.3) is 6.08 Å². The van der Waals surface area contributed by atoms with Crippen LogP contribution >= 0.6 is 0 Å². The van der Waals surface area contributed by atoms with Crippen LogP contribution in [0.2, 0.25) is 0 Å². The molecule has 0 fully saturated rings. The second-order valence-electron chi connectivity index (χ2n) is 8.53. The van der Waals surface area contributed by atoms with Crippen molar-refractivity contribution < 1.29 is 14.3 Å². The van der Waals surface area contributed by atoms with Crippen molar-refractivity contribution >= 4 is 17.6 Å². The van der Waals surface area contributed by atoms with Crippen molar-refractivity contribution in [3.05, 3.63) is 95.6 Å². The summed E-state index contributed by atoms with van der Waals surface area (Å²) in [5.41, 5.74) is 2.70. The first-order chi connectivity index (χ1) is 16.2. The lowest BCUT2D eigenvalue weighted by Gasteiger charge is -2.11. The Kier molecular flexibility index (Phi) is 9.90. The van der Waals surface area contributed by atoms with E-state index < -0.39 is 0 Å². The van der Waals surface area contributed by atoms with Gasteiger partial charge in [0.2, 0.25) is 0 Å². The molecule has 1 aliphatic carbocycles. The summed E-state index contributed by atoms with van der Waals surface area (Å²) in [5.74, 6) is 1.32. The molecule has 3 rings (SSSR count). The van der Waals surface area contributed by atoms with Gasteiger partial charge in [-0.3, -0.25) is 9.59 Å². The van der Waals surface area contributed by atoms with Crippen LogP contribution in [0.3, 0.4) is 0 Å². The summed E-state index contributed by atoms with van der Waals surface area (Å²) < 4.78 is 5.13. The van der Waals surface area contributed by atoms with Crippen LogP contribution in [0.4, 0.5) is 0 Å². The van der Waals surface area contributed by atoms with Crippen molar-refractivity contribution in [2.24, 2.45) is 5.92 Å². The highest BCUT2D eigenvalue weighted by molar-refractivity contribution is 6.07. The molecule has 0 N–H and O–H groups in total. The van der Waals surface area contributed by atoms with Gasteiger partial charge in [0.05, 0.1) is 7.11 Å². The van der Waals surface area contributed by atoms with Crippen LogP contribution in [-0.2, 0) is 4.79 Å². The molecule has 0 amide bonds. The number of carbonyl (C=O) groups is 2. The first-order valence-corrected chi connectivity index (χ1v) is 12.0. The molecule has 2 aromatic rings. The number of ketones is 2. The number of unbranched alkanes of at least 4 members (excludes halogenated alkanes) is 5. The number of carbonyl (C=O) groups excluding carboxylic acids is 2. The van der Waals surface area contributed by atoms with E-state index in [9.17, 15) is 9.59 Å². The van der Waals surface area contributed by atoms with Crippen molar-refractivity contribution in [3.63, 3.8) is 0 Å². The lowest BCUT2D eigenvalue weighted by Crippen LogP contribution is -2.07. The Morgan fingerprint density at radius 2 is 1.58 bits per heavy atom. The molecular formula is C30H34O3. The molecule has 0 heterocycles. The maximum atomic E-state index is 12.6. The van der Waals surface area contributed by atoms with E-state index in [-0.39, 0.29) is 17.5 Å². The van der Waals surface area contributed by atoms with E-state index in [1.807, 2.05) is 72.8 Å². The SMILES string of the molecule is COc1ccc(C(=O)CCCCCCCCC2C=CC=C2C(=O)C=Cc2ccccc2)cc1. The van der Waals surface area contributed by atoms with Crippen molar-refractivity contribution in [1.82, 2.24) is 0 Å². The summed E-state index contributed by atoms with van der Waals surface area (Å²) >= 11 is 0. The zero-order valence-electron chi connectivity index (χ0n) is 19.5. The Bertz CT molecular complexity index is 981. The van der Waals surface area contributed by atoms with E-state index in [2.05, 4.69) is 6.08 Å². The number of rotatable bonds is 14. The van der Waals surface area contributed by atoms with E-state index in [1.165, 1.54) is 6.42 Å². The fraction of sp³-hybridized carbons (Fsp3) is 0.333. The van der Waals surface area contributed by atoms with Gasteiger partial charge in [-0.2, -0.15) is 0 Å². The number of ether oxygens (including phenoxy) is 1. The van der Waals surface area contributed by atoms with Crippen LogP contribution in [-0.4, -0.2) is 18.7 Å². The fourth-order valence-electron chi connectivity index (χ4n) is 4.15. The molecule has 0 saturated heterocycles. The van der Waals surface area contributed by atoms with Gasteiger partial charge in [-0.05, 0) is 48.7 Å². The number of Topliss-reactive ketones (excluding diaryl/α,β-unsaturated/α-hetero) is 1. The van der Waals surface area contributed by atoms with Crippen LogP contribution in [0.5, 0.6) is 5.75 Å². The van der Waals surface area contributed by atoms with Gasteiger partial charge in [0.25, 0.3) is 0 Å². The summed E-state index contributed by atoms with van der Waals surface area (Å²) in [7, 11) is 1.63. The Morgan fingerprint density at radius 1 is 0.879 bits per heavy atom. The minimum absolute atomic E-state index is 0.107.